The summed E-state index contributed by atoms with van der Waals surface area (Å²) in [5.74, 6) is 0.957. The number of thiol groups is 1. The Balaban J connectivity index is 3.12. The number of allylic oxidation sites excluding steroid dienone is 2. The minimum Gasteiger partial charge on any atom is -0.350 e. The van der Waals surface area contributed by atoms with E-state index in [1.54, 1.807) is 0 Å². The van der Waals surface area contributed by atoms with Crippen molar-refractivity contribution in [2.45, 2.75) is 96.8 Å². The summed E-state index contributed by atoms with van der Waals surface area (Å²) in [6, 6.07) is 0. The number of hydrogen-bond acceptors (Lipinski definition) is 2. The summed E-state index contributed by atoms with van der Waals surface area (Å²) in [5.41, 5.74) is 0. The summed E-state index contributed by atoms with van der Waals surface area (Å²) in [7, 11) is 0. The van der Waals surface area contributed by atoms with E-state index in [1.807, 2.05) is 0 Å². The molecule has 0 aliphatic heterocycles. The van der Waals surface area contributed by atoms with Crippen LogP contribution in [0.25, 0.3) is 0 Å². The highest BCUT2D eigenvalue weighted by atomic mass is 33.2. The van der Waals surface area contributed by atoms with Crippen molar-refractivity contribution in [1.29, 1.82) is 0 Å². The molecule has 5 heteroatoms. The quantitative estimate of drug-likeness (QED) is 0.113. The topological polar surface area (TPSA) is 20.2 Å². The normalized spacial score (nSPS) is 14.4. The van der Waals surface area contributed by atoms with Crippen LogP contribution in [0.2, 0.25) is 0 Å². The molecular formula is C18H37OPS3. The predicted molar refractivity (Wildman–Crippen MR) is 117 cm³/mol. The van der Waals surface area contributed by atoms with Crippen LogP contribution in [-0.2, 0) is 11.8 Å². The molecule has 1 unspecified atom stereocenters. The van der Waals surface area contributed by atoms with Crippen molar-refractivity contribution in [3.63, 3.8) is 0 Å². The van der Waals surface area contributed by atoms with Crippen LogP contribution in [0.1, 0.15) is 96.8 Å². The zero-order valence-corrected chi connectivity index (χ0v) is 18.3. The van der Waals surface area contributed by atoms with Gasteiger partial charge in [0.25, 0.3) is 0 Å². The maximum atomic E-state index is 9.39. The van der Waals surface area contributed by atoms with Gasteiger partial charge in [-0.25, -0.2) is 0 Å². The van der Waals surface area contributed by atoms with Gasteiger partial charge < -0.3 is 4.89 Å². The third-order valence-corrected chi connectivity index (χ3v) is 8.27. The van der Waals surface area contributed by atoms with Gasteiger partial charge in [-0.1, -0.05) is 88.2 Å². The second-order valence-corrected chi connectivity index (χ2v) is 15.9. The van der Waals surface area contributed by atoms with E-state index < -0.39 is 4.67 Å². The third kappa shape index (κ3) is 23.1. The molecule has 0 aliphatic carbocycles. The molecule has 1 atom stereocenters. The highest BCUT2D eigenvalue weighted by molar-refractivity contribution is 8.94. The summed E-state index contributed by atoms with van der Waals surface area (Å²) >= 11 is 10.4. The van der Waals surface area contributed by atoms with Gasteiger partial charge >= 0.3 is 0 Å². The number of rotatable bonds is 17. The van der Waals surface area contributed by atoms with Crippen LogP contribution in [0.3, 0.4) is 0 Å². The van der Waals surface area contributed by atoms with Gasteiger partial charge in [-0.15, -0.1) is 12.2 Å². The Morgan fingerprint density at radius 2 is 1.26 bits per heavy atom. The number of hydrogen-bond donors (Lipinski definition) is 2. The van der Waals surface area contributed by atoms with E-state index in [0.29, 0.717) is 0 Å². The minimum absolute atomic E-state index is 0.957. The van der Waals surface area contributed by atoms with E-state index >= 15 is 0 Å². The SMILES string of the molecule is CCCCCCCCC=CCCCCCCCCSP(O)(=S)S. The maximum absolute atomic E-state index is 9.39. The number of unbranched alkanes of at least 4 members (excludes halogenated alkanes) is 12. The lowest BCUT2D eigenvalue weighted by Crippen LogP contribution is -1.82. The average molecular weight is 397 g/mol. The molecule has 0 aromatic heterocycles. The van der Waals surface area contributed by atoms with Crippen LogP contribution in [0.5, 0.6) is 0 Å². The molecule has 0 radical (unpaired) electrons. The molecule has 0 aliphatic rings. The van der Waals surface area contributed by atoms with Crippen molar-refractivity contribution in [1.82, 2.24) is 0 Å². The monoisotopic (exact) mass is 396 g/mol. The van der Waals surface area contributed by atoms with Gasteiger partial charge in [-0.2, -0.15) is 0 Å². The lowest BCUT2D eigenvalue weighted by molar-refractivity contribution is 0.607. The summed E-state index contributed by atoms with van der Waals surface area (Å²) in [5, 5.41) is 0. The maximum Gasteiger partial charge on any atom is 0.169 e. The average Bonchev–Trinajstić information content (AvgIpc) is 2.49. The molecule has 0 rings (SSSR count). The van der Waals surface area contributed by atoms with Gasteiger partial charge in [-0.05, 0) is 43.9 Å². The zero-order chi connectivity index (χ0) is 17.2. The minimum atomic E-state index is -2.32. The molecule has 0 bridgehead atoms. The highest BCUT2D eigenvalue weighted by Gasteiger charge is 2.04. The standard InChI is InChI=1S/C18H37OPS3/c1-2-3-4-5-6-7-8-9-10-11-12-13-14-15-16-17-18-23-20(19,21)22/h9-10H,2-8,11-18H2,1H3,(H2,19,21,22). The van der Waals surface area contributed by atoms with Gasteiger partial charge in [0, 0.05) is 5.75 Å². The molecule has 1 N–H and O–H groups in total. The van der Waals surface area contributed by atoms with E-state index in [1.165, 1.54) is 94.9 Å². The summed E-state index contributed by atoms with van der Waals surface area (Å²) in [6.07, 6.45) is 23.4. The van der Waals surface area contributed by atoms with Crippen molar-refractivity contribution in [2.24, 2.45) is 0 Å². The molecule has 0 fully saturated rings. The zero-order valence-electron chi connectivity index (χ0n) is 14.9. The second-order valence-electron chi connectivity index (χ2n) is 6.26. The molecule has 138 valence electrons. The third-order valence-electron chi connectivity index (χ3n) is 3.92. The first-order valence-corrected chi connectivity index (χ1v) is 14.9. The van der Waals surface area contributed by atoms with Crippen molar-refractivity contribution in [2.75, 3.05) is 5.75 Å². The largest absolute Gasteiger partial charge is 0.350 e. The Morgan fingerprint density at radius 1 is 0.826 bits per heavy atom. The van der Waals surface area contributed by atoms with Crippen LogP contribution >= 0.6 is 28.3 Å². The molecule has 0 heterocycles. The van der Waals surface area contributed by atoms with E-state index in [9.17, 15) is 4.89 Å². The van der Waals surface area contributed by atoms with Gasteiger partial charge in [0.1, 0.15) is 0 Å². The van der Waals surface area contributed by atoms with E-state index in [2.05, 4.69) is 31.3 Å². The summed E-state index contributed by atoms with van der Waals surface area (Å²) in [4.78, 5) is 9.39. The Hall–Kier alpha value is 1.05. The fraction of sp³-hybridized carbons (Fsp3) is 0.889. The first-order valence-electron chi connectivity index (χ1n) is 9.41. The molecule has 0 aromatic rings. The Labute approximate surface area is 159 Å². The van der Waals surface area contributed by atoms with Crippen molar-refractivity contribution in [3.05, 3.63) is 12.2 Å². The van der Waals surface area contributed by atoms with Gasteiger partial charge in [-0.3, -0.25) is 0 Å². The Bertz CT molecular complexity index is 315. The predicted octanol–water partition coefficient (Wildman–Crippen LogP) is 7.90. The Kier molecular flexibility index (Phi) is 18.7. The van der Waals surface area contributed by atoms with E-state index in [4.69, 9.17) is 11.8 Å². The van der Waals surface area contributed by atoms with Crippen molar-refractivity contribution >= 4 is 40.1 Å². The summed E-state index contributed by atoms with van der Waals surface area (Å²) < 4.78 is -2.32. The molecular weight excluding hydrogens is 359 g/mol. The van der Waals surface area contributed by atoms with Crippen LogP contribution in [0.4, 0.5) is 0 Å². The molecule has 23 heavy (non-hydrogen) atoms. The molecule has 0 spiro atoms. The lowest BCUT2D eigenvalue weighted by Gasteiger charge is -2.06. The first kappa shape index (κ1) is 24.1. The van der Waals surface area contributed by atoms with Crippen LogP contribution in [-0.4, -0.2) is 10.6 Å². The van der Waals surface area contributed by atoms with E-state index in [0.717, 1.165) is 12.2 Å². The fourth-order valence-electron chi connectivity index (χ4n) is 2.53. The molecule has 0 saturated carbocycles. The van der Waals surface area contributed by atoms with Crippen LogP contribution in [0.15, 0.2) is 12.2 Å². The first-order chi connectivity index (χ1) is 11.1. The van der Waals surface area contributed by atoms with Crippen molar-refractivity contribution in [3.8, 4) is 0 Å². The smallest absolute Gasteiger partial charge is 0.169 e. The summed E-state index contributed by atoms with van der Waals surface area (Å²) in [6.45, 7) is 2.27. The lowest BCUT2D eigenvalue weighted by atomic mass is 10.1. The van der Waals surface area contributed by atoms with Gasteiger partial charge in [0.2, 0.25) is 0 Å². The van der Waals surface area contributed by atoms with Gasteiger partial charge in [0.05, 0.1) is 0 Å². The van der Waals surface area contributed by atoms with Crippen LogP contribution in [0, 0.1) is 0 Å². The Morgan fingerprint density at radius 3 is 1.74 bits per heavy atom. The molecule has 0 amide bonds. The highest BCUT2D eigenvalue weighted by Crippen LogP contribution is 2.59. The van der Waals surface area contributed by atoms with Crippen molar-refractivity contribution < 1.29 is 4.89 Å². The van der Waals surface area contributed by atoms with Gasteiger partial charge in [0.15, 0.2) is 4.67 Å². The van der Waals surface area contributed by atoms with Crippen LogP contribution < -0.4 is 0 Å². The molecule has 0 saturated heterocycles. The second kappa shape index (κ2) is 17.9. The van der Waals surface area contributed by atoms with E-state index in [-0.39, 0.29) is 0 Å². The fourth-order valence-corrected chi connectivity index (χ4v) is 5.61. The molecule has 0 aromatic carbocycles. The molecule has 1 nitrogen and oxygen atoms in total.